The minimum Gasteiger partial charge on any atom is -0.351 e. The minimum absolute atomic E-state index is 0.192. The maximum absolute atomic E-state index is 5.99. The van der Waals surface area contributed by atoms with Crippen LogP contribution in [0.3, 0.4) is 0 Å². The number of hydrogen-bond donors (Lipinski definition) is 2. The van der Waals surface area contributed by atoms with Gasteiger partial charge in [0.15, 0.2) is 0 Å². The van der Waals surface area contributed by atoms with Crippen LogP contribution in [0.4, 0.5) is 5.95 Å². The van der Waals surface area contributed by atoms with Gasteiger partial charge in [0.2, 0.25) is 5.95 Å². The zero-order chi connectivity index (χ0) is 18.0. The molecule has 0 amide bonds. The summed E-state index contributed by atoms with van der Waals surface area (Å²) in [5.74, 6) is 0.698. The van der Waals surface area contributed by atoms with Crippen molar-refractivity contribution < 1.29 is 0 Å². The smallest absolute Gasteiger partial charge is 0.223 e. The zero-order valence-electron chi connectivity index (χ0n) is 15.8. The Morgan fingerprint density at radius 3 is 2.64 bits per heavy atom. The van der Waals surface area contributed by atoms with Crippen LogP contribution in [0.1, 0.15) is 52.1 Å². The summed E-state index contributed by atoms with van der Waals surface area (Å²) in [6.45, 7) is 6.72. The van der Waals surface area contributed by atoms with Crippen molar-refractivity contribution >= 4 is 5.95 Å². The third-order valence-electron chi connectivity index (χ3n) is 4.80. The minimum atomic E-state index is 0.192. The van der Waals surface area contributed by atoms with Gasteiger partial charge in [0, 0.05) is 36.6 Å². The molecule has 0 bridgehead atoms. The normalized spacial score (nSPS) is 21.3. The van der Waals surface area contributed by atoms with Crippen molar-refractivity contribution in [3.05, 3.63) is 24.2 Å². The highest BCUT2D eigenvalue weighted by molar-refractivity contribution is 5.62. The van der Waals surface area contributed by atoms with E-state index < -0.39 is 0 Å². The first kappa shape index (κ1) is 17.9. The van der Waals surface area contributed by atoms with Crippen molar-refractivity contribution in [2.45, 2.75) is 65.0 Å². The molecule has 3 N–H and O–H groups in total. The molecule has 6 nitrogen and oxygen atoms in total. The van der Waals surface area contributed by atoms with E-state index in [2.05, 4.69) is 36.2 Å². The van der Waals surface area contributed by atoms with E-state index in [-0.39, 0.29) is 5.41 Å². The summed E-state index contributed by atoms with van der Waals surface area (Å²) in [5.41, 5.74) is 9.41. The van der Waals surface area contributed by atoms with Crippen LogP contribution < -0.4 is 11.1 Å². The van der Waals surface area contributed by atoms with Gasteiger partial charge in [0.05, 0.1) is 11.9 Å². The van der Waals surface area contributed by atoms with E-state index in [0.717, 1.165) is 43.4 Å². The fourth-order valence-corrected chi connectivity index (χ4v) is 3.41. The monoisotopic (exact) mass is 342 g/mol. The molecular weight excluding hydrogens is 312 g/mol. The van der Waals surface area contributed by atoms with Crippen molar-refractivity contribution in [3.63, 3.8) is 0 Å². The number of anilines is 1. The summed E-state index contributed by atoms with van der Waals surface area (Å²) in [5, 5.41) is 7.93. The Morgan fingerprint density at radius 2 is 1.96 bits per heavy atom. The molecule has 0 radical (unpaired) electrons. The third-order valence-corrected chi connectivity index (χ3v) is 4.80. The van der Waals surface area contributed by atoms with E-state index in [4.69, 9.17) is 10.7 Å². The Morgan fingerprint density at radius 1 is 1.24 bits per heavy atom. The second-order valence-electron chi connectivity index (χ2n) is 8.39. The van der Waals surface area contributed by atoms with Crippen LogP contribution >= 0.6 is 0 Å². The molecule has 0 spiro atoms. The van der Waals surface area contributed by atoms with E-state index in [1.165, 1.54) is 5.69 Å². The van der Waals surface area contributed by atoms with Crippen LogP contribution in [0.25, 0.3) is 11.3 Å². The Hall–Kier alpha value is -1.95. The maximum Gasteiger partial charge on any atom is 0.223 e. The summed E-state index contributed by atoms with van der Waals surface area (Å²) < 4.78 is 1.96. The van der Waals surface area contributed by atoms with Crippen molar-refractivity contribution in [1.29, 1.82) is 0 Å². The number of aromatic nitrogens is 4. The summed E-state index contributed by atoms with van der Waals surface area (Å²) in [6, 6.07) is 2.73. The van der Waals surface area contributed by atoms with Crippen LogP contribution in [-0.2, 0) is 13.5 Å². The molecule has 1 saturated carbocycles. The quantitative estimate of drug-likeness (QED) is 0.892. The number of nitrogens with one attached hydrogen (secondary N) is 1. The van der Waals surface area contributed by atoms with Gasteiger partial charge in [0.25, 0.3) is 0 Å². The lowest BCUT2D eigenvalue weighted by molar-refractivity contribution is 0.398. The summed E-state index contributed by atoms with van der Waals surface area (Å²) >= 11 is 0. The molecular formula is C19H30N6. The molecule has 0 unspecified atom stereocenters. The second kappa shape index (κ2) is 7.12. The van der Waals surface area contributed by atoms with Crippen LogP contribution in [0.2, 0.25) is 0 Å². The number of nitrogens with zero attached hydrogens (tertiary/aromatic N) is 4. The molecule has 1 aliphatic rings. The lowest BCUT2D eigenvalue weighted by Gasteiger charge is -2.26. The predicted octanol–water partition coefficient (Wildman–Crippen LogP) is 3.15. The molecule has 0 atom stereocenters. The standard InChI is InChI=1S/C19H30N6/c1-19(2,3)11-17-15(12-22-25(17)4)16-9-10-21-18(24-16)23-14-7-5-13(20)6-8-14/h9-10,12-14H,5-8,11,20H2,1-4H3,(H,21,23,24). The van der Waals surface area contributed by atoms with Crippen molar-refractivity contribution in [3.8, 4) is 11.3 Å². The largest absolute Gasteiger partial charge is 0.351 e. The molecule has 1 fully saturated rings. The Bertz CT molecular complexity index is 707. The van der Waals surface area contributed by atoms with Crippen LogP contribution in [-0.4, -0.2) is 31.8 Å². The SMILES string of the molecule is Cn1ncc(-c2ccnc(NC3CCC(N)CC3)n2)c1CC(C)(C)C. The highest BCUT2D eigenvalue weighted by atomic mass is 15.3. The average molecular weight is 342 g/mol. The topological polar surface area (TPSA) is 81.7 Å². The molecule has 3 rings (SSSR count). The summed E-state index contributed by atoms with van der Waals surface area (Å²) in [7, 11) is 2.00. The molecule has 0 aromatic carbocycles. The van der Waals surface area contributed by atoms with Gasteiger partial charge >= 0.3 is 0 Å². The first-order valence-electron chi connectivity index (χ1n) is 9.18. The van der Waals surface area contributed by atoms with Gasteiger partial charge in [-0.1, -0.05) is 20.8 Å². The van der Waals surface area contributed by atoms with Gasteiger partial charge in [0.1, 0.15) is 0 Å². The molecule has 1 aliphatic carbocycles. The third kappa shape index (κ3) is 4.57. The second-order valence-corrected chi connectivity index (χ2v) is 8.39. The first-order valence-corrected chi connectivity index (χ1v) is 9.18. The van der Waals surface area contributed by atoms with Crippen molar-refractivity contribution in [2.24, 2.45) is 18.2 Å². The van der Waals surface area contributed by atoms with E-state index in [1.807, 2.05) is 30.2 Å². The molecule has 2 heterocycles. The van der Waals surface area contributed by atoms with E-state index in [1.54, 1.807) is 0 Å². The molecule has 0 aliphatic heterocycles. The lowest BCUT2D eigenvalue weighted by Crippen LogP contribution is -2.33. The lowest BCUT2D eigenvalue weighted by atomic mass is 9.89. The zero-order valence-corrected chi connectivity index (χ0v) is 15.8. The van der Waals surface area contributed by atoms with Gasteiger partial charge in [-0.25, -0.2) is 9.97 Å². The van der Waals surface area contributed by atoms with Gasteiger partial charge in [-0.2, -0.15) is 5.10 Å². The van der Waals surface area contributed by atoms with Crippen molar-refractivity contribution in [1.82, 2.24) is 19.7 Å². The van der Waals surface area contributed by atoms with Gasteiger partial charge in [-0.05, 0) is 43.6 Å². The van der Waals surface area contributed by atoms with Crippen LogP contribution in [0.5, 0.6) is 0 Å². The average Bonchev–Trinajstić information content (AvgIpc) is 2.89. The number of rotatable bonds is 4. The number of nitrogens with two attached hydrogens (primary N) is 1. The Kier molecular flexibility index (Phi) is 5.08. The molecule has 25 heavy (non-hydrogen) atoms. The van der Waals surface area contributed by atoms with Crippen LogP contribution in [0.15, 0.2) is 18.5 Å². The molecule has 2 aromatic heterocycles. The summed E-state index contributed by atoms with van der Waals surface area (Å²) in [4.78, 5) is 9.16. The number of hydrogen-bond acceptors (Lipinski definition) is 5. The molecule has 6 heteroatoms. The fraction of sp³-hybridized carbons (Fsp3) is 0.632. The van der Waals surface area contributed by atoms with E-state index >= 15 is 0 Å². The van der Waals surface area contributed by atoms with Gasteiger partial charge < -0.3 is 11.1 Å². The Balaban J connectivity index is 1.80. The molecule has 2 aromatic rings. The van der Waals surface area contributed by atoms with Crippen LogP contribution in [0, 0.1) is 5.41 Å². The Labute approximate surface area is 150 Å². The van der Waals surface area contributed by atoms with E-state index in [0.29, 0.717) is 18.0 Å². The van der Waals surface area contributed by atoms with E-state index in [9.17, 15) is 0 Å². The highest BCUT2D eigenvalue weighted by Gasteiger charge is 2.21. The van der Waals surface area contributed by atoms with Gasteiger partial charge in [-0.3, -0.25) is 4.68 Å². The van der Waals surface area contributed by atoms with Gasteiger partial charge in [-0.15, -0.1) is 0 Å². The predicted molar refractivity (Wildman–Crippen MR) is 101 cm³/mol. The fourth-order valence-electron chi connectivity index (χ4n) is 3.41. The highest BCUT2D eigenvalue weighted by Crippen LogP contribution is 2.29. The first-order chi connectivity index (χ1) is 11.8. The molecule has 0 saturated heterocycles. The van der Waals surface area contributed by atoms with Crippen molar-refractivity contribution in [2.75, 3.05) is 5.32 Å². The molecule has 136 valence electrons. The number of aryl methyl sites for hydroxylation is 1. The maximum atomic E-state index is 5.99. The summed E-state index contributed by atoms with van der Waals surface area (Å²) in [6.07, 6.45) is 8.98.